The summed E-state index contributed by atoms with van der Waals surface area (Å²) in [7, 11) is 0. The zero-order valence-corrected chi connectivity index (χ0v) is 17.0. The van der Waals surface area contributed by atoms with Gasteiger partial charge in [-0.05, 0) is 38.5 Å². The lowest BCUT2D eigenvalue weighted by atomic mass is 9.81. The molecule has 27 heavy (non-hydrogen) atoms. The molecule has 152 valence electrons. The zero-order valence-electron chi connectivity index (χ0n) is 17.0. The zero-order chi connectivity index (χ0) is 19.1. The van der Waals surface area contributed by atoms with E-state index in [0.717, 1.165) is 45.3 Å². The Labute approximate surface area is 163 Å². The molecule has 2 heterocycles. The lowest BCUT2D eigenvalue weighted by molar-refractivity contribution is -0.229. The van der Waals surface area contributed by atoms with E-state index in [-0.39, 0.29) is 18.2 Å². The molecule has 2 aliphatic rings. The molecule has 3 rings (SSSR count). The summed E-state index contributed by atoms with van der Waals surface area (Å²) in [6.07, 6.45) is 12.3. The third-order valence-electron chi connectivity index (χ3n) is 6.08. The topological polar surface area (TPSA) is 44.2 Å². The normalized spacial score (nSPS) is 29.0. The first kappa shape index (κ1) is 20.7. The number of hydrogen-bond donors (Lipinski definition) is 0. The molecule has 2 fully saturated rings. The van der Waals surface area contributed by atoms with Gasteiger partial charge in [-0.2, -0.15) is 4.39 Å². The van der Waals surface area contributed by atoms with Gasteiger partial charge in [0.2, 0.25) is 5.95 Å². The van der Waals surface area contributed by atoms with Crippen molar-refractivity contribution in [3.8, 4) is 0 Å². The van der Waals surface area contributed by atoms with Gasteiger partial charge >= 0.3 is 0 Å². The molecule has 1 saturated heterocycles. The quantitative estimate of drug-likeness (QED) is 0.448. The van der Waals surface area contributed by atoms with E-state index < -0.39 is 0 Å². The third-order valence-corrected chi connectivity index (χ3v) is 6.08. The first-order chi connectivity index (χ1) is 13.2. The summed E-state index contributed by atoms with van der Waals surface area (Å²) in [5.41, 5.74) is 0.632. The van der Waals surface area contributed by atoms with Gasteiger partial charge in [-0.15, -0.1) is 0 Å². The lowest BCUT2D eigenvalue weighted by Gasteiger charge is -2.37. The second kappa shape index (κ2) is 10.5. The van der Waals surface area contributed by atoms with Crippen molar-refractivity contribution in [2.24, 2.45) is 11.8 Å². The van der Waals surface area contributed by atoms with Crippen LogP contribution >= 0.6 is 0 Å². The molecule has 1 aromatic rings. The van der Waals surface area contributed by atoms with Crippen LogP contribution in [0.4, 0.5) is 4.39 Å². The second-order valence-electron chi connectivity index (χ2n) is 8.30. The maximum Gasteiger partial charge on any atom is 0.219 e. The van der Waals surface area contributed by atoms with E-state index in [0.29, 0.717) is 29.6 Å². The average molecular weight is 379 g/mol. The van der Waals surface area contributed by atoms with Gasteiger partial charge < -0.3 is 9.47 Å². The Kier molecular flexibility index (Phi) is 8.01. The van der Waals surface area contributed by atoms with E-state index in [2.05, 4.69) is 16.9 Å². The molecule has 1 aliphatic carbocycles. The second-order valence-corrected chi connectivity index (χ2v) is 8.30. The van der Waals surface area contributed by atoms with Crippen LogP contribution in [0.5, 0.6) is 0 Å². The van der Waals surface area contributed by atoms with Crippen molar-refractivity contribution < 1.29 is 13.9 Å². The largest absolute Gasteiger partial charge is 0.352 e. The number of hydrogen-bond acceptors (Lipinski definition) is 4. The standard InChI is InChI=1S/C22H35FN2O2/c1-3-5-6-8-16-14-26-22(27-15-16)18-11-9-17(10-12-18)21-24-13-19(7-4-2)20(23)25-21/h13,16-18,22H,3-12,14-15H2,1-2H3/t16-,17?,18?,22-. The molecule has 4 nitrogen and oxygen atoms in total. The molecule has 0 amide bonds. The van der Waals surface area contributed by atoms with Crippen molar-refractivity contribution >= 4 is 0 Å². The first-order valence-electron chi connectivity index (χ1n) is 11.0. The number of rotatable bonds is 8. The van der Waals surface area contributed by atoms with Crippen LogP contribution in [0, 0.1) is 17.8 Å². The molecule has 0 bridgehead atoms. The Morgan fingerprint density at radius 3 is 2.41 bits per heavy atom. The van der Waals surface area contributed by atoms with Gasteiger partial charge in [0.15, 0.2) is 6.29 Å². The van der Waals surface area contributed by atoms with E-state index in [9.17, 15) is 4.39 Å². The Balaban J connectivity index is 1.43. The van der Waals surface area contributed by atoms with Crippen LogP contribution in [0.15, 0.2) is 6.20 Å². The molecule has 1 saturated carbocycles. The number of ether oxygens (including phenoxy) is 2. The maximum atomic E-state index is 14.1. The summed E-state index contributed by atoms with van der Waals surface area (Å²) < 4.78 is 26.2. The van der Waals surface area contributed by atoms with Crippen LogP contribution in [0.3, 0.4) is 0 Å². The molecular weight excluding hydrogens is 343 g/mol. The van der Waals surface area contributed by atoms with E-state index in [1.807, 2.05) is 6.92 Å². The maximum absolute atomic E-state index is 14.1. The van der Waals surface area contributed by atoms with Crippen molar-refractivity contribution in [3.05, 3.63) is 23.5 Å². The van der Waals surface area contributed by atoms with Gasteiger partial charge in [-0.1, -0.05) is 39.5 Å². The SMILES string of the molecule is CCCCC[C@H]1CO[C@H](C2CCC(c3ncc(CCC)c(F)n3)CC2)OC1. The van der Waals surface area contributed by atoms with E-state index in [1.54, 1.807) is 6.20 Å². The van der Waals surface area contributed by atoms with Gasteiger partial charge in [-0.25, -0.2) is 9.97 Å². The van der Waals surface area contributed by atoms with Gasteiger partial charge in [0.25, 0.3) is 0 Å². The van der Waals surface area contributed by atoms with Crippen LogP contribution in [-0.4, -0.2) is 29.5 Å². The van der Waals surface area contributed by atoms with E-state index in [1.165, 1.54) is 25.7 Å². The Morgan fingerprint density at radius 1 is 1.04 bits per heavy atom. The van der Waals surface area contributed by atoms with Crippen molar-refractivity contribution in [1.29, 1.82) is 0 Å². The molecule has 0 aromatic carbocycles. The minimum Gasteiger partial charge on any atom is -0.352 e. The number of halogens is 1. The highest BCUT2D eigenvalue weighted by atomic mass is 19.1. The van der Waals surface area contributed by atoms with Crippen molar-refractivity contribution in [3.63, 3.8) is 0 Å². The Hall–Kier alpha value is -1.07. The number of nitrogens with zero attached hydrogens (tertiary/aromatic N) is 2. The smallest absolute Gasteiger partial charge is 0.219 e. The average Bonchev–Trinajstić information content (AvgIpc) is 2.71. The molecule has 1 aromatic heterocycles. The minimum atomic E-state index is -0.336. The summed E-state index contributed by atoms with van der Waals surface area (Å²) >= 11 is 0. The summed E-state index contributed by atoms with van der Waals surface area (Å²) in [5.74, 6) is 1.60. The fourth-order valence-electron chi connectivity index (χ4n) is 4.36. The summed E-state index contributed by atoms with van der Waals surface area (Å²) in [5, 5.41) is 0. The molecule has 0 atom stereocenters. The third kappa shape index (κ3) is 5.71. The predicted molar refractivity (Wildman–Crippen MR) is 104 cm³/mol. The number of aryl methyl sites for hydroxylation is 1. The Bertz CT molecular complexity index is 567. The monoisotopic (exact) mass is 378 g/mol. The minimum absolute atomic E-state index is 0.0574. The Morgan fingerprint density at radius 2 is 1.78 bits per heavy atom. The van der Waals surface area contributed by atoms with Gasteiger partial charge in [0.05, 0.1) is 13.2 Å². The number of unbranched alkanes of at least 4 members (excludes halogenated alkanes) is 2. The highest BCUT2D eigenvalue weighted by Crippen LogP contribution is 2.38. The van der Waals surface area contributed by atoms with Crippen LogP contribution in [0.1, 0.15) is 88.9 Å². The molecule has 1 aliphatic heterocycles. The van der Waals surface area contributed by atoms with Crippen LogP contribution in [0.25, 0.3) is 0 Å². The van der Waals surface area contributed by atoms with Crippen molar-refractivity contribution in [2.75, 3.05) is 13.2 Å². The van der Waals surface area contributed by atoms with Crippen LogP contribution < -0.4 is 0 Å². The van der Waals surface area contributed by atoms with Gasteiger partial charge in [0.1, 0.15) is 5.82 Å². The van der Waals surface area contributed by atoms with Crippen LogP contribution in [0.2, 0.25) is 0 Å². The summed E-state index contributed by atoms with van der Waals surface area (Å²) in [4.78, 5) is 8.61. The lowest BCUT2D eigenvalue weighted by Crippen LogP contribution is -2.38. The molecule has 0 radical (unpaired) electrons. The highest BCUT2D eigenvalue weighted by Gasteiger charge is 2.33. The van der Waals surface area contributed by atoms with Gasteiger partial charge in [0, 0.05) is 29.5 Å². The molecule has 5 heteroatoms. The van der Waals surface area contributed by atoms with E-state index in [4.69, 9.17) is 9.47 Å². The number of aromatic nitrogens is 2. The molecule has 0 N–H and O–H groups in total. The molecule has 0 spiro atoms. The van der Waals surface area contributed by atoms with Crippen LogP contribution in [-0.2, 0) is 15.9 Å². The summed E-state index contributed by atoms with van der Waals surface area (Å²) in [6.45, 7) is 5.94. The van der Waals surface area contributed by atoms with Crippen molar-refractivity contribution in [2.45, 2.75) is 90.3 Å². The fourth-order valence-corrected chi connectivity index (χ4v) is 4.36. The first-order valence-corrected chi connectivity index (χ1v) is 11.0. The molecule has 0 unspecified atom stereocenters. The van der Waals surface area contributed by atoms with Gasteiger partial charge in [-0.3, -0.25) is 0 Å². The fraction of sp³-hybridized carbons (Fsp3) is 0.818. The van der Waals surface area contributed by atoms with Crippen molar-refractivity contribution in [1.82, 2.24) is 9.97 Å². The predicted octanol–water partition coefficient (Wildman–Crippen LogP) is 5.41. The highest BCUT2D eigenvalue weighted by molar-refractivity contribution is 5.10. The van der Waals surface area contributed by atoms with E-state index >= 15 is 0 Å². The summed E-state index contributed by atoms with van der Waals surface area (Å²) in [6, 6.07) is 0. The molecular formula is C22H35FN2O2.